The molecule has 6 nitrogen and oxygen atoms in total. The van der Waals surface area contributed by atoms with E-state index in [2.05, 4.69) is 10.1 Å². The van der Waals surface area contributed by atoms with Gasteiger partial charge in [-0.3, -0.25) is 4.31 Å². The summed E-state index contributed by atoms with van der Waals surface area (Å²) in [5.41, 5.74) is 2.77. The summed E-state index contributed by atoms with van der Waals surface area (Å²) in [5, 5.41) is 4.03. The Bertz CT molecular complexity index is 1270. The van der Waals surface area contributed by atoms with E-state index in [9.17, 15) is 8.42 Å². The number of rotatable bonds is 6. The first-order chi connectivity index (χ1) is 14.5. The molecule has 7 heteroatoms. The van der Waals surface area contributed by atoms with E-state index in [1.54, 1.807) is 30.3 Å². The summed E-state index contributed by atoms with van der Waals surface area (Å²) in [4.78, 5) is 4.56. The zero-order valence-electron chi connectivity index (χ0n) is 16.7. The molecule has 0 atom stereocenters. The normalized spacial score (nSPS) is 11.4. The van der Waals surface area contributed by atoms with Gasteiger partial charge in [-0.2, -0.15) is 4.98 Å². The predicted octanol–water partition coefficient (Wildman–Crippen LogP) is 4.93. The molecule has 3 aromatic carbocycles. The molecule has 1 heterocycles. The molecule has 0 radical (unpaired) electrons. The second-order valence-corrected chi connectivity index (χ2v) is 8.62. The van der Waals surface area contributed by atoms with Crippen molar-refractivity contribution in [3.8, 4) is 22.8 Å². The van der Waals surface area contributed by atoms with Gasteiger partial charge in [-0.25, -0.2) is 8.42 Å². The minimum Gasteiger partial charge on any atom is -0.334 e. The topological polar surface area (TPSA) is 76.3 Å². The van der Waals surface area contributed by atoms with Gasteiger partial charge in [0.1, 0.15) is 4.90 Å². The van der Waals surface area contributed by atoms with Crippen LogP contribution in [0.25, 0.3) is 22.8 Å². The number of sulfonamides is 1. The van der Waals surface area contributed by atoms with Crippen LogP contribution in [0, 0.1) is 6.92 Å². The van der Waals surface area contributed by atoms with E-state index < -0.39 is 10.0 Å². The van der Waals surface area contributed by atoms with Gasteiger partial charge in [0.2, 0.25) is 5.82 Å². The van der Waals surface area contributed by atoms with E-state index in [0.717, 1.165) is 11.1 Å². The van der Waals surface area contributed by atoms with Crippen LogP contribution in [-0.2, 0) is 10.0 Å². The molecule has 0 unspecified atom stereocenters. The van der Waals surface area contributed by atoms with Crippen molar-refractivity contribution >= 4 is 15.7 Å². The number of aromatic nitrogens is 2. The van der Waals surface area contributed by atoms with Crippen molar-refractivity contribution in [3.05, 3.63) is 84.4 Å². The molecule has 0 saturated carbocycles. The summed E-state index contributed by atoms with van der Waals surface area (Å²) >= 11 is 0. The van der Waals surface area contributed by atoms with Crippen LogP contribution >= 0.6 is 0 Å². The van der Waals surface area contributed by atoms with Crippen LogP contribution in [-0.4, -0.2) is 25.1 Å². The van der Waals surface area contributed by atoms with Gasteiger partial charge >= 0.3 is 0 Å². The standard InChI is InChI=1S/C23H21N3O3S/c1-3-26(19-13-9-10-17(2)16-19)30(27,28)21-15-8-7-14-20(21)23-24-22(25-29-23)18-11-5-4-6-12-18/h4-16H,3H2,1-2H3. The molecule has 4 aromatic rings. The fourth-order valence-electron chi connectivity index (χ4n) is 3.30. The van der Waals surface area contributed by atoms with Crippen LogP contribution in [0.4, 0.5) is 5.69 Å². The number of hydrogen-bond donors (Lipinski definition) is 0. The van der Waals surface area contributed by atoms with Crippen LogP contribution in [0.5, 0.6) is 0 Å². The molecule has 0 aliphatic heterocycles. The fourth-order valence-corrected chi connectivity index (χ4v) is 4.95. The van der Waals surface area contributed by atoms with Crippen molar-refractivity contribution in [1.82, 2.24) is 10.1 Å². The lowest BCUT2D eigenvalue weighted by molar-refractivity contribution is 0.431. The Morgan fingerprint density at radius 3 is 2.40 bits per heavy atom. The number of benzene rings is 3. The molecular weight excluding hydrogens is 398 g/mol. The maximum atomic E-state index is 13.6. The Balaban J connectivity index is 1.79. The lowest BCUT2D eigenvalue weighted by Crippen LogP contribution is -2.31. The summed E-state index contributed by atoms with van der Waals surface area (Å²) in [5.74, 6) is 0.567. The van der Waals surface area contributed by atoms with Crippen molar-refractivity contribution in [2.24, 2.45) is 0 Å². The quantitative estimate of drug-likeness (QED) is 0.443. The van der Waals surface area contributed by atoms with Gasteiger partial charge in [0, 0.05) is 12.1 Å². The maximum Gasteiger partial charge on any atom is 0.265 e. The summed E-state index contributed by atoms with van der Waals surface area (Å²) in [7, 11) is -3.85. The molecule has 0 bridgehead atoms. The van der Waals surface area contributed by atoms with E-state index >= 15 is 0 Å². The minimum atomic E-state index is -3.85. The SMILES string of the molecule is CCN(c1cccc(C)c1)S(=O)(=O)c1ccccc1-c1nc(-c2ccccc2)no1. The van der Waals surface area contributed by atoms with Crippen LogP contribution in [0.3, 0.4) is 0 Å². The van der Waals surface area contributed by atoms with Crippen molar-refractivity contribution in [1.29, 1.82) is 0 Å². The summed E-state index contributed by atoms with van der Waals surface area (Å²) in [6, 6.07) is 23.5. The Labute approximate surface area is 175 Å². The molecule has 0 aliphatic rings. The number of anilines is 1. The summed E-state index contributed by atoms with van der Waals surface area (Å²) in [6.07, 6.45) is 0. The molecule has 152 valence electrons. The highest BCUT2D eigenvalue weighted by molar-refractivity contribution is 7.93. The average Bonchev–Trinajstić information content (AvgIpc) is 3.25. The highest BCUT2D eigenvalue weighted by Crippen LogP contribution is 2.32. The third kappa shape index (κ3) is 3.71. The molecule has 0 saturated heterocycles. The Morgan fingerprint density at radius 2 is 1.67 bits per heavy atom. The number of hydrogen-bond acceptors (Lipinski definition) is 5. The van der Waals surface area contributed by atoms with Crippen LogP contribution in [0.1, 0.15) is 12.5 Å². The van der Waals surface area contributed by atoms with Gasteiger partial charge in [-0.15, -0.1) is 0 Å². The average molecular weight is 420 g/mol. The van der Waals surface area contributed by atoms with E-state index in [-0.39, 0.29) is 10.8 Å². The van der Waals surface area contributed by atoms with Crippen molar-refractivity contribution in [3.63, 3.8) is 0 Å². The van der Waals surface area contributed by atoms with Gasteiger partial charge in [-0.1, -0.05) is 59.8 Å². The maximum absolute atomic E-state index is 13.6. The Hall–Kier alpha value is -3.45. The molecular formula is C23H21N3O3S. The van der Waals surface area contributed by atoms with Crippen molar-refractivity contribution in [2.75, 3.05) is 10.8 Å². The molecule has 0 spiro atoms. The lowest BCUT2D eigenvalue weighted by Gasteiger charge is -2.24. The third-order valence-electron chi connectivity index (χ3n) is 4.72. The van der Waals surface area contributed by atoms with Gasteiger partial charge < -0.3 is 4.52 Å². The van der Waals surface area contributed by atoms with Gasteiger partial charge in [0.15, 0.2) is 0 Å². The first kappa shape index (κ1) is 19.8. The third-order valence-corrected chi connectivity index (χ3v) is 6.68. The van der Waals surface area contributed by atoms with Crippen LogP contribution < -0.4 is 4.31 Å². The first-order valence-corrected chi connectivity index (χ1v) is 11.0. The van der Waals surface area contributed by atoms with Crippen molar-refractivity contribution in [2.45, 2.75) is 18.7 Å². The second-order valence-electron chi connectivity index (χ2n) is 6.79. The predicted molar refractivity (Wildman–Crippen MR) is 117 cm³/mol. The molecule has 0 fully saturated rings. The van der Waals surface area contributed by atoms with Gasteiger partial charge in [-0.05, 0) is 43.7 Å². The highest BCUT2D eigenvalue weighted by atomic mass is 32.2. The monoisotopic (exact) mass is 419 g/mol. The highest BCUT2D eigenvalue weighted by Gasteiger charge is 2.28. The molecule has 30 heavy (non-hydrogen) atoms. The minimum absolute atomic E-state index is 0.122. The molecule has 4 rings (SSSR count). The van der Waals surface area contributed by atoms with E-state index in [1.165, 1.54) is 4.31 Å². The summed E-state index contributed by atoms with van der Waals surface area (Å²) in [6.45, 7) is 4.03. The first-order valence-electron chi connectivity index (χ1n) is 9.58. The molecule has 0 N–H and O–H groups in total. The molecule has 1 aromatic heterocycles. The largest absolute Gasteiger partial charge is 0.334 e. The molecule has 0 aliphatic carbocycles. The smallest absolute Gasteiger partial charge is 0.265 e. The Kier molecular flexibility index (Phi) is 5.37. The zero-order chi connectivity index (χ0) is 21.1. The van der Waals surface area contributed by atoms with E-state index in [0.29, 0.717) is 23.6 Å². The van der Waals surface area contributed by atoms with Crippen LogP contribution in [0.2, 0.25) is 0 Å². The summed E-state index contributed by atoms with van der Waals surface area (Å²) < 4.78 is 34.0. The van der Waals surface area contributed by atoms with Crippen molar-refractivity contribution < 1.29 is 12.9 Å². The lowest BCUT2D eigenvalue weighted by atomic mass is 10.2. The van der Waals surface area contributed by atoms with Gasteiger partial charge in [0.05, 0.1) is 11.3 Å². The fraction of sp³-hybridized carbons (Fsp3) is 0.130. The Morgan fingerprint density at radius 1 is 0.933 bits per heavy atom. The van der Waals surface area contributed by atoms with Gasteiger partial charge in [0.25, 0.3) is 15.9 Å². The van der Waals surface area contributed by atoms with E-state index in [1.807, 2.05) is 62.4 Å². The van der Waals surface area contributed by atoms with Crippen LogP contribution in [0.15, 0.2) is 88.3 Å². The second kappa shape index (κ2) is 8.12. The number of nitrogens with zero attached hydrogens (tertiary/aromatic N) is 3. The zero-order valence-corrected chi connectivity index (χ0v) is 17.5. The van der Waals surface area contributed by atoms with E-state index in [4.69, 9.17) is 4.52 Å². The molecule has 0 amide bonds. The number of aryl methyl sites for hydroxylation is 1.